The fraction of sp³-hybridized carbons (Fsp3) is 0.0588. The Morgan fingerprint density at radius 3 is 2.58 bits per heavy atom. The van der Waals surface area contributed by atoms with E-state index in [1.165, 1.54) is 6.20 Å². The van der Waals surface area contributed by atoms with Gasteiger partial charge in [0.2, 0.25) is 0 Å². The molecule has 4 aromatic rings. The van der Waals surface area contributed by atoms with E-state index in [2.05, 4.69) is 10.2 Å². The maximum atomic E-state index is 12.6. The van der Waals surface area contributed by atoms with Crippen LogP contribution in [-0.4, -0.2) is 27.2 Å². The van der Waals surface area contributed by atoms with Crippen molar-refractivity contribution < 1.29 is 8.42 Å². The van der Waals surface area contributed by atoms with Crippen molar-refractivity contribution in [2.24, 2.45) is 0 Å². The number of hydrogen-bond acceptors (Lipinski definition) is 4. The number of aryl methyl sites for hydroxylation is 1. The van der Waals surface area contributed by atoms with Gasteiger partial charge in [-0.1, -0.05) is 18.2 Å². The molecule has 0 saturated carbocycles. The predicted molar refractivity (Wildman–Crippen MR) is 90.2 cm³/mol. The van der Waals surface area contributed by atoms with Gasteiger partial charge in [0.1, 0.15) is 0 Å². The largest absolute Gasteiger partial charge is 0.282 e. The first-order chi connectivity index (χ1) is 11.6. The number of nitrogens with zero attached hydrogens (tertiary/aromatic N) is 4. The second kappa shape index (κ2) is 5.31. The SMILES string of the molecule is Cc1ccn2ncc(-c3ccn(S(=O)(=O)c4ccccc4)n3)c2c1. The average Bonchev–Trinajstić information content (AvgIpc) is 3.22. The van der Waals surface area contributed by atoms with E-state index in [-0.39, 0.29) is 4.90 Å². The van der Waals surface area contributed by atoms with Crippen LogP contribution in [0.25, 0.3) is 16.8 Å². The number of fused-ring (bicyclic) bond motifs is 1. The predicted octanol–water partition coefficient (Wildman–Crippen LogP) is 2.74. The van der Waals surface area contributed by atoms with E-state index in [9.17, 15) is 8.42 Å². The number of rotatable bonds is 3. The van der Waals surface area contributed by atoms with E-state index >= 15 is 0 Å². The number of aromatic nitrogens is 4. The highest BCUT2D eigenvalue weighted by atomic mass is 32.2. The zero-order valence-corrected chi connectivity index (χ0v) is 13.7. The van der Waals surface area contributed by atoms with Crippen LogP contribution in [0.15, 0.2) is 72.0 Å². The molecule has 0 unspecified atom stereocenters. The van der Waals surface area contributed by atoms with Crippen LogP contribution < -0.4 is 0 Å². The van der Waals surface area contributed by atoms with Gasteiger partial charge in [0, 0.05) is 18.0 Å². The van der Waals surface area contributed by atoms with Crippen LogP contribution in [0.1, 0.15) is 5.56 Å². The summed E-state index contributed by atoms with van der Waals surface area (Å²) in [5.74, 6) is 0. The summed E-state index contributed by atoms with van der Waals surface area (Å²) in [6.45, 7) is 2.00. The van der Waals surface area contributed by atoms with Gasteiger partial charge in [-0.15, -0.1) is 0 Å². The highest BCUT2D eigenvalue weighted by molar-refractivity contribution is 7.89. The van der Waals surface area contributed by atoms with Crippen LogP contribution in [0.4, 0.5) is 0 Å². The summed E-state index contributed by atoms with van der Waals surface area (Å²) in [6.07, 6.45) is 5.01. The maximum absolute atomic E-state index is 12.6. The van der Waals surface area contributed by atoms with E-state index < -0.39 is 10.0 Å². The summed E-state index contributed by atoms with van der Waals surface area (Å²) in [4.78, 5) is 0.204. The Labute approximate surface area is 139 Å². The lowest BCUT2D eigenvalue weighted by molar-refractivity contribution is 0.580. The lowest BCUT2D eigenvalue weighted by Gasteiger charge is -2.03. The molecule has 0 N–H and O–H groups in total. The van der Waals surface area contributed by atoms with E-state index in [4.69, 9.17) is 0 Å². The van der Waals surface area contributed by atoms with Gasteiger partial charge in [-0.25, -0.2) is 4.52 Å². The molecule has 0 aliphatic heterocycles. The monoisotopic (exact) mass is 338 g/mol. The van der Waals surface area contributed by atoms with E-state index in [1.54, 1.807) is 47.1 Å². The molecule has 120 valence electrons. The van der Waals surface area contributed by atoms with Gasteiger partial charge in [-0.05, 0) is 42.8 Å². The van der Waals surface area contributed by atoms with Crippen molar-refractivity contribution in [1.29, 1.82) is 0 Å². The molecule has 0 amide bonds. The third-order valence-corrected chi connectivity index (χ3v) is 5.37. The molecule has 0 spiro atoms. The highest BCUT2D eigenvalue weighted by Crippen LogP contribution is 2.24. The third kappa shape index (κ3) is 2.30. The smallest absolute Gasteiger partial charge is 0.240 e. The van der Waals surface area contributed by atoms with Crippen molar-refractivity contribution in [2.45, 2.75) is 11.8 Å². The summed E-state index contributed by atoms with van der Waals surface area (Å²) >= 11 is 0. The first kappa shape index (κ1) is 14.6. The van der Waals surface area contributed by atoms with Gasteiger partial charge in [0.15, 0.2) is 0 Å². The van der Waals surface area contributed by atoms with Crippen LogP contribution in [0.3, 0.4) is 0 Å². The van der Waals surface area contributed by atoms with Gasteiger partial charge in [0.25, 0.3) is 10.0 Å². The number of hydrogen-bond donors (Lipinski definition) is 0. The van der Waals surface area contributed by atoms with E-state index in [0.717, 1.165) is 20.7 Å². The molecule has 3 heterocycles. The Kier molecular flexibility index (Phi) is 3.24. The van der Waals surface area contributed by atoms with Crippen LogP contribution in [-0.2, 0) is 10.0 Å². The Balaban J connectivity index is 1.81. The summed E-state index contributed by atoms with van der Waals surface area (Å²) in [5.41, 5.74) is 3.34. The minimum atomic E-state index is -3.69. The maximum Gasteiger partial charge on any atom is 0.282 e. The van der Waals surface area contributed by atoms with Crippen LogP contribution in [0.2, 0.25) is 0 Å². The molecule has 0 atom stereocenters. The molecule has 0 fully saturated rings. The molecule has 24 heavy (non-hydrogen) atoms. The van der Waals surface area contributed by atoms with E-state index in [1.807, 2.05) is 25.3 Å². The van der Waals surface area contributed by atoms with Crippen molar-refractivity contribution in [1.82, 2.24) is 18.8 Å². The van der Waals surface area contributed by atoms with Crippen molar-refractivity contribution >= 4 is 15.5 Å². The Hall–Kier alpha value is -2.93. The molecule has 3 aromatic heterocycles. The van der Waals surface area contributed by atoms with Gasteiger partial charge >= 0.3 is 0 Å². The van der Waals surface area contributed by atoms with E-state index in [0.29, 0.717) is 5.69 Å². The van der Waals surface area contributed by atoms with Gasteiger partial charge < -0.3 is 0 Å². The Bertz CT molecular complexity index is 1130. The minimum absolute atomic E-state index is 0.204. The second-order valence-corrected chi connectivity index (χ2v) is 7.28. The lowest BCUT2D eigenvalue weighted by atomic mass is 10.2. The summed E-state index contributed by atoms with van der Waals surface area (Å²) in [6, 6.07) is 13.9. The highest BCUT2D eigenvalue weighted by Gasteiger charge is 2.19. The van der Waals surface area contributed by atoms with Gasteiger partial charge in [-0.2, -0.15) is 22.7 Å². The zero-order chi connectivity index (χ0) is 16.7. The summed E-state index contributed by atoms with van der Waals surface area (Å²) in [5, 5.41) is 8.54. The minimum Gasteiger partial charge on any atom is -0.240 e. The van der Waals surface area contributed by atoms with Crippen molar-refractivity contribution in [3.8, 4) is 11.3 Å². The van der Waals surface area contributed by atoms with Gasteiger partial charge in [0.05, 0.1) is 22.3 Å². The average molecular weight is 338 g/mol. The number of benzene rings is 1. The number of pyridine rings is 1. The normalized spacial score (nSPS) is 11.9. The zero-order valence-electron chi connectivity index (χ0n) is 12.9. The van der Waals surface area contributed by atoms with Crippen molar-refractivity contribution in [3.05, 3.63) is 72.7 Å². The first-order valence-corrected chi connectivity index (χ1v) is 8.80. The molecule has 0 bridgehead atoms. The third-order valence-electron chi connectivity index (χ3n) is 3.81. The standard InChI is InChI=1S/C17H14N4O2S/c1-13-7-9-20-17(11-13)15(12-18-20)16-8-10-21(19-16)24(22,23)14-5-3-2-4-6-14/h2-12H,1H3. The fourth-order valence-corrected chi connectivity index (χ4v) is 3.70. The molecule has 0 saturated heterocycles. The topological polar surface area (TPSA) is 69.3 Å². The molecular formula is C17H14N4O2S. The fourth-order valence-electron chi connectivity index (χ4n) is 2.57. The first-order valence-electron chi connectivity index (χ1n) is 7.36. The van der Waals surface area contributed by atoms with Gasteiger partial charge in [-0.3, -0.25) is 0 Å². The van der Waals surface area contributed by atoms with Crippen molar-refractivity contribution in [3.63, 3.8) is 0 Å². The van der Waals surface area contributed by atoms with Crippen LogP contribution >= 0.6 is 0 Å². The second-order valence-electron chi connectivity index (χ2n) is 5.48. The van der Waals surface area contributed by atoms with Crippen LogP contribution in [0, 0.1) is 6.92 Å². The molecule has 7 heteroatoms. The molecule has 0 aliphatic carbocycles. The van der Waals surface area contributed by atoms with Crippen LogP contribution in [0.5, 0.6) is 0 Å². The molecule has 1 aromatic carbocycles. The summed E-state index contributed by atoms with van der Waals surface area (Å²) < 4.78 is 28.0. The molecule has 0 aliphatic rings. The van der Waals surface area contributed by atoms with Crippen molar-refractivity contribution in [2.75, 3.05) is 0 Å². The Morgan fingerprint density at radius 2 is 1.79 bits per heavy atom. The molecule has 0 radical (unpaired) electrons. The summed E-state index contributed by atoms with van der Waals surface area (Å²) in [7, 11) is -3.69. The lowest BCUT2D eigenvalue weighted by Crippen LogP contribution is -2.13. The Morgan fingerprint density at radius 1 is 1.00 bits per heavy atom. The quantitative estimate of drug-likeness (QED) is 0.576. The molecule has 4 rings (SSSR count). The molecule has 6 nitrogen and oxygen atoms in total. The molecular weight excluding hydrogens is 324 g/mol.